The largest absolute Gasteiger partial charge is 0.472 e. The molecule has 0 spiro atoms. The average Bonchev–Trinajstić information content (AvgIpc) is 3.31. The Balaban J connectivity index is 2.46. The number of aliphatic hydroxyl groups excluding tert-OH is 5. The number of phosphoric ester groups is 1. The van der Waals surface area contributed by atoms with E-state index in [1.165, 1.54) is 19.3 Å². The van der Waals surface area contributed by atoms with Gasteiger partial charge in [0.05, 0.1) is 6.61 Å². The molecule has 380 valence electrons. The first kappa shape index (κ1) is 61.5. The van der Waals surface area contributed by atoms with Gasteiger partial charge in [0.2, 0.25) is 0 Å². The van der Waals surface area contributed by atoms with Crippen LogP contribution in [0, 0.1) is 0 Å². The van der Waals surface area contributed by atoms with Crippen molar-refractivity contribution < 1.29 is 63.1 Å². The molecular weight excluding hydrogens is 876 g/mol. The maximum atomic E-state index is 12.8. The maximum absolute atomic E-state index is 12.8. The molecule has 0 saturated heterocycles. The molecule has 0 amide bonds. The summed E-state index contributed by atoms with van der Waals surface area (Å²) in [7, 11) is -5.15. The lowest BCUT2D eigenvalue weighted by atomic mass is 9.85. The molecule has 6 unspecified atom stereocenters. The molecule has 0 bridgehead atoms. The van der Waals surface area contributed by atoms with Crippen molar-refractivity contribution in [1.29, 1.82) is 0 Å². The SMILES string of the molecule is CC/C=C\C/C=C\C/C=C\C/C=C\C/C=C\CCCC(=O)OC(COC(=O)CCCCCCCCCC/C=C\C/C=C\C/C=C\C/C=C\CC)COP(=O)(O)OC1C(O)C(O)C(O)C(O)C1O. The minimum atomic E-state index is -5.15. The van der Waals surface area contributed by atoms with E-state index < -0.39 is 75.7 Å². The van der Waals surface area contributed by atoms with E-state index in [1.807, 2.05) is 12.2 Å². The van der Waals surface area contributed by atoms with E-state index in [-0.39, 0.29) is 12.8 Å². The Morgan fingerprint density at radius 1 is 0.463 bits per heavy atom. The van der Waals surface area contributed by atoms with Gasteiger partial charge in [-0.3, -0.25) is 18.6 Å². The van der Waals surface area contributed by atoms with Gasteiger partial charge in [-0.05, 0) is 89.9 Å². The monoisotopic (exact) mass is 961 g/mol. The number of hydrogen-bond acceptors (Lipinski definition) is 12. The number of esters is 2. The summed E-state index contributed by atoms with van der Waals surface area (Å²) >= 11 is 0. The molecule has 14 heteroatoms. The second-order valence-electron chi connectivity index (χ2n) is 16.6. The zero-order valence-electron chi connectivity index (χ0n) is 40.4. The van der Waals surface area contributed by atoms with Gasteiger partial charge >= 0.3 is 19.8 Å². The third kappa shape index (κ3) is 33.6. The van der Waals surface area contributed by atoms with Crippen molar-refractivity contribution in [3.05, 3.63) is 109 Å². The van der Waals surface area contributed by atoms with E-state index in [0.717, 1.165) is 89.9 Å². The lowest BCUT2D eigenvalue weighted by molar-refractivity contribution is -0.220. The third-order valence-electron chi connectivity index (χ3n) is 10.6. The Morgan fingerprint density at radius 2 is 0.821 bits per heavy atom. The van der Waals surface area contributed by atoms with Crippen molar-refractivity contribution in [1.82, 2.24) is 0 Å². The lowest BCUT2D eigenvalue weighted by Gasteiger charge is -2.41. The van der Waals surface area contributed by atoms with Crippen LogP contribution in [0.5, 0.6) is 0 Å². The Hall–Kier alpha value is -3.49. The summed E-state index contributed by atoms with van der Waals surface area (Å²) in [5.41, 5.74) is 0. The van der Waals surface area contributed by atoms with Crippen molar-refractivity contribution in [3.8, 4) is 0 Å². The van der Waals surface area contributed by atoms with Gasteiger partial charge in [-0.25, -0.2) is 4.57 Å². The van der Waals surface area contributed by atoms with Gasteiger partial charge in [0.25, 0.3) is 0 Å². The molecule has 0 aliphatic heterocycles. The van der Waals surface area contributed by atoms with Gasteiger partial charge < -0.3 is 39.9 Å². The minimum absolute atomic E-state index is 0.00982. The molecule has 0 aromatic rings. The topological polar surface area (TPSA) is 210 Å². The van der Waals surface area contributed by atoms with E-state index in [2.05, 4.69) is 111 Å². The highest BCUT2D eigenvalue weighted by Gasteiger charge is 2.51. The predicted molar refractivity (Wildman–Crippen MR) is 267 cm³/mol. The number of carbonyl (C=O) groups is 2. The van der Waals surface area contributed by atoms with Crippen LogP contribution in [-0.2, 0) is 32.7 Å². The normalized spacial score (nSPS) is 22.1. The molecule has 1 aliphatic rings. The summed E-state index contributed by atoms with van der Waals surface area (Å²) in [6.07, 6.45) is 44.2. The second kappa shape index (κ2) is 41.5. The van der Waals surface area contributed by atoms with Gasteiger partial charge in [0.1, 0.15) is 43.2 Å². The van der Waals surface area contributed by atoms with Crippen molar-refractivity contribution >= 4 is 19.8 Å². The van der Waals surface area contributed by atoms with Gasteiger partial charge in [-0.2, -0.15) is 0 Å². The summed E-state index contributed by atoms with van der Waals surface area (Å²) in [6.45, 7) is 3.01. The first-order valence-electron chi connectivity index (χ1n) is 24.7. The Bertz CT molecular complexity index is 1580. The Morgan fingerprint density at radius 3 is 1.27 bits per heavy atom. The molecule has 6 N–H and O–H groups in total. The van der Waals surface area contributed by atoms with E-state index >= 15 is 0 Å². The predicted octanol–water partition coefficient (Wildman–Crippen LogP) is 10.4. The molecule has 0 radical (unpaired) electrons. The number of unbranched alkanes of at least 4 members (excludes halogenated alkanes) is 9. The average molecular weight is 961 g/mol. The highest BCUT2D eigenvalue weighted by molar-refractivity contribution is 7.47. The molecular formula is C53H85O13P. The first-order valence-corrected chi connectivity index (χ1v) is 26.2. The number of carbonyl (C=O) groups excluding carboxylic acids is 2. The fraction of sp³-hybridized carbons (Fsp3) is 0.623. The van der Waals surface area contributed by atoms with Crippen molar-refractivity contribution in [2.24, 2.45) is 0 Å². The van der Waals surface area contributed by atoms with E-state index in [4.69, 9.17) is 18.5 Å². The van der Waals surface area contributed by atoms with Crippen LogP contribution >= 0.6 is 7.82 Å². The molecule has 1 aliphatic carbocycles. The van der Waals surface area contributed by atoms with Crippen LogP contribution in [0.15, 0.2) is 109 Å². The van der Waals surface area contributed by atoms with Crippen molar-refractivity contribution in [3.63, 3.8) is 0 Å². The van der Waals surface area contributed by atoms with Crippen LogP contribution < -0.4 is 0 Å². The smallest absolute Gasteiger partial charge is 0.462 e. The molecule has 1 fully saturated rings. The number of hydrogen-bond donors (Lipinski definition) is 6. The zero-order chi connectivity index (χ0) is 49.2. The summed E-state index contributed by atoms with van der Waals surface area (Å²) < 4.78 is 33.5. The summed E-state index contributed by atoms with van der Waals surface area (Å²) in [5, 5.41) is 50.2. The number of rotatable bonds is 39. The van der Waals surface area contributed by atoms with Crippen molar-refractivity contribution in [2.75, 3.05) is 13.2 Å². The molecule has 1 saturated carbocycles. The fourth-order valence-corrected chi connectivity index (χ4v) is 7.70. The summed E-state index contributed by atoms with van der Waals surface area (Å²) in [5.74, 6) is -1.19. The number of phosphoric acid groups is 1. The van der Waals surface area contributed by atoms with Gasteiger partial charge in [-0.1, -0.05) is 162 Å². The highest BCUT2D eigenvalue weighted by Crippen LogP contribution is 2.47. The molecule has 6 atom stereocenters. The number of allylic oxidation sites excluding steroid dienone is 18. The van der Waals surface area contributed by atoms with Crippen molar-refractivity contribution in [2.45, 2.75) is 198 Å². The maximum Gasteiger partial charge on any atom is 0.472 e. The van der Waals surface area contributed by atoms with Gasteiger partial charge in [-0.15, -0.1) is 0 Å². The quantitative estimate of drug-likeness (QED) is 0.0147. The van der Waals surface area contributed by atoms with Gasteiger partial charge in [0, 0.05) is 12.8 Å². The molecule has 67 heavy (non-hydrogen) atoms. The van der Waals surface area contributed by atoms with Crippen LogP contribution in [0.4, 0.5) is 0 Å². The summed E-state index contributed by atoms with van der Waals surface area (Å²) in [4.78, 5) is 35.8. The molecule has 13 nitrogen and oxygen atoms in total. The molecule has 0 aromatic carbocycles. The fourth-order valence-electron chi connectivity index (χ4n) is 6.72. The van der Waals surface area contributed by atoms with Crippen LogP contribution in [0.1, 0.15) is 155 Å². The summed E-state index contributed by atoms with van der Waals surface area (Å²) in [6, 6.07) is 0. The van der Waals surface area contributed by atoms with Crippen LogP contribution in [0.3, 0.4) is 0 Å². The third-order valence-corrected chi connectivity index (χ3v) is 11.6. The van der Waals surface area contributed by atoms with E-state index in [0.29, 0.717) is 19.3 Å². The standard InChI is InChI=1S/C53H85O13P/c1-3-5-7-9-11-13-15-17-19-21-22-23-24-26-27-29-31-33-35-37-39-41-46(54)63-43-45(44-64-67(61,62)66-53-51(59)49(57)48(56)50(58)52(53)60)65-47(55)42-40-38-36-34-32-30-28-25-20-18-16-14-12-10-8-6-4-2/h5-8,11-14,17-20,22-23,28,30,34,36,45,48-53,56-60H,3-4,9-10,15-16,21,24-27,29,31-33,35,37-44H2,1-2H3,(H,61,62)/b7-5-,8-6-,13-11-,14-12-,19-17-,20-18-,23-22-,30-28-,36-34-. The Kier molecular flexibility index (Phi) is 38.1. The van der Waals surface area contributed by atoms with Gasteiger partial charge in [0.15, 0.2) is 6.10 Å². The molecule has 0 heterocycles. The zero-order valence-corrected chi connectivity index (χ0v) is 41.3. The van der Waals surface area contributed by atoms with E-state index in [1.54, 1.807) is 0 Å². The van der Waals surface area contributed by atoms with Crippen LogP contribution in [-0.4, -0.2) is 98.3 Å². The van der Waals surface area contributed by atoms with E-state index in [9.17, 15) is 44.6 Å². The van der Waals surface area contributed by atoms with Crippen LogP contribution in [0.25, 0.3) is 0 Å². The highest BCUT2D eigenvalue weighted by atomic mass is 31.2. The minimum Gasteiger partial charge on any atom is -0.462 e. The number of ether oxygens (including phenoxy) is 2. The molecule has 0 aromatic heterocycles. The number of aliphatic hydroxyl groups is 5. The first-order chi connectivity index (χ1) is 32.4. The van der Waals surface area contributed by atoms with Crippen LogP contribution in [0.2, 0.25) is 0 Å². The second-order valence-corrected chi connectivity index (χ2v) is 18.0. The Labute approximate surface area is 402 Å². The lowest BCUT2D eigenvalue weighted by Crippen LogP contribution is -2.64. The molecule has 1 rings (SSSR count).